The highest BCUT2D eigenvalue weighted by atomic mass is 16.2. The molecule has 6 heteroatoms. The first-order valence-electron chi connectivity index (χ1n) is 8.59. The van der Waals surface area contributed by atoms with Crippen molar-refractivity contribution in [2.24, 2.45) is 0 Å². The predicted octanol–water partition coefficient (Wildman–Crippen LogP) is 3.53. The molecule has 0 saturated carbocycles. The summed E-state index contributed by atoms with van der Waals surface area (Å²) in [5.41, 5.74) is 2.58. The number of carbonyl (C=O) groups is 2. The van der Waals surface area contributed by atoms with Gasteiger partial charge in [-0.3, -0.25) is 9.59 Å². The summed E-state index contributed by atoms with van der Waals surface area (Å²) in [6.45, 7) is 3.83. The SMILES string of the molecule is Cc1ccc(C(=O)Nc2nccnc2C(=O)NC(C)c2ccccc2)cc1. The number of anilines is 1. The van der Waals surface area contributed by atoms with Crippen molar-refractivity contribution in [2.75, 3.05) is 5.32 Å². The highest BCUT2D eigenvalue weighted by Crippen LogP contribution is 2.15. The molecule has 0 aliphatic carbocycles. The van der Waals surface area contributed by atoms with Gasteiger partial charge in [-0.15, -0.1) is 0 Å². The molecule has 0 aliphatic heterocycles. The molecule has 27 heavy (non-hydrogen) atoms. The Balaban J connectivity index is 1.76. The molecule has 1 unspecified atom stereocenters. The Bertz CT molecular complexity index is 940. The minimum Gasteiger partial charge on any atom is -0.344 e. The third-order valence-electron chi connectivity index (χ3n) is 4.11. The first-order valence-corrected chi connectivity index (χ1v) is 8.59. The number of amides is 2. The molecule has 0 aliphatic rings. The molecule has 3 aromatic rings. The lowest BCUT2D eigenvalue weighted by atomic mass is 10.1. The second kappa shape index (κ2) is 8.23. The summed E-state index contributed by atoms with van der Waals surface area (Å²) in [7, 11) is 0. The molecule has 2 amide bonds. The normalized spacial score (nSPS) is 11.5. The molecule has 0 saturated heterocycles. The van der Waals surface area contributed by atoms with Crippen LogP contribution in [0.5, 0.6) is 0 Å². The van der Waals surface area contributed by atoms with E-state index in [1.807, 2.05) is 56.3 Å². The molecule has 2 N–H and O–H groups in total. The van der Waals surface area contributed by atoms with Gasteiger partial charge in [0.1, 0.15) is 0 Å². The van der Waals surface area contributed by atoms with Crippen LogP contribution in [-0.4, -0.2) is 21.8 Å². The fourth-order valence-electron chi connectivity index (χ4n) is 2.57. The molecule has 0 spiro atoms. The lowest BCUT2D eigenvalue weighted by Gasteiger charge is -2.15. The second-order valence-electron chi connectivity index (χ2n) is 6.18. The van der Waals surface area contributed by atoms with E-state index in [0.29, 0.717) is 5.56 Å². The number of nitrogens with zero attached hydrogens (tertiary/aromatic N) is 2. The van der Waals surface area contributed by atoms with E-state index in [4.69, 9.17) is 0 Å². The number of aryl methyl sites for hydroxylation is 1. The Morgan fingerprint density at radius 3 is 2.26 bits per heavy atom. The van der Waals surface area contributed by atoms with E-state index in [9.17, 15) is 9.59 Å². The van der Waals surface area contributed by atoms with Gasteiger partial charge in [-0.1, -0.05) is 48.0 Å². The van der Waals surface area contributed by atoms with Crippen LogP contribution in [0.1, 0.15) is 44.9 Å². The number of nitrogens with one attached hydrogen (secondary N) is 2. The van der Waals surface area contributed by atoms with E-state index >= 15 is 0 Å². The molecule has 1 aromatic heterocycles. The van der Waals surface area contributed by atoms with Crippen molar-refractivity contribution in [1.82, 2.24) is 15.3 Å². The van der Waals surface area contributed by atoms with Crippen LogP contribution in [0.4, 0.5) is 5.82 Å². The Morgan fingerprint density at radius 2 is 1.56 bits per heavy atom. The molecular weight excluding hydrogens is 340 g/mol. The van der Waals surface area contributed by atoms with E-state index in [-0.39, 0.29) is 23.5 Å². The Kier molecular flexibility index (Phi) is 5.56. The fourth-order valence-corrected chi connectivity index (χ4v) is 2.57. The van der Waals surface area contributed by atoms with Crippen LogP contribution in [0.3, 0.4) is 0 Å². The van der Waals surface area contributed by atoms with Crippen LogP contribution in [0.25, 0.3) is 0 Å². The van der Waals surface area contributed by atoms with Crippen molar-refractivity contribution in [3.05, 3.63) is 89.4 Å². The van der Waals surface area contributed by atoms with Gasteiger partial charge in [0.15, 0.2) is 11.5 Å². The fraction of sp³-hybridized carbons (Fsp3) is 0.143. The molecule has 1 atom stereocenters. The Labute approximate surface area is 157 Å². The van der Waals surface area contributed by atoms with Gasteiger partial charge in [0.25, 0.3) is 11.8 Å². The monoisotopic (exact) mass is 360 g/mol. The molecule has 0 bridgehead atoms. The summed E-state index contributed by atoms with van der Waals surface area (Å²) in [6.07, 6.45) is 2.85. The number of hydrogen-bond donors (Lipinski definition) is 2. The van der Waals surface area contributed by atoms with Gasteiger partial charge in [0.05, 0.1) is 6.04 Å². The van der Waals surface area contributed by atoms with Gasteiger partial charge >= 0.3 is 0 Å². The zero-order valence-electron chi connectivity index (χ0n) is 15.1. The summed E-state index contributed by atoms with van der Waals surface area (Å²) in [6, 6.07) is 16.5. The van der Waals surface area contributed by atoms with Gasteiger partial charge in [-0.05, 0) is 31.5 Å². The van der Waals surface area contributed by atoms with Gasteiger partial charge in [0.2, 0.25) is 0 Å². The molecule has 2 aromatic carbocycles. The van der Waals surface area contributed by atoms with Crippen LogP contribution in [0.2, 0.25) is 0 Å². The summed E-state index contributed by atoms with van der Waals surface area (Å²) < 4.78 is 0. The summed E-state index contributed by atoms with van der Waals surface area (Å²) in [5, 5.41) is 5.55. The topological polar surface area (TPSA) is 84.0 Å². The first-order chi connectivity index (χ1) is 13.0. The molecule has 1 heterocycles. The van der Waals surface area contributed by atoms with Crippen molar-refractivity contribution in [3.63, 3.8) is 0 Å². The zero-order chi connectivity index (χ0) is 19.2. The van der Waals surface area contributed by atoms with Crippen molar-refractivity contribution in [3.8, 4) is 0 Å². The van der Waals surface area contributed by atoms with Crippen molar-refractivity contribution >= 4 is 17.6 Å². The van der Waals surface area contributed by atoms with Crippen molar-refractivity contribution < 1.29 is 9.59 Å². The van der Waals surface area contributed by atoms with Gasteiger partial charge in [-0.25, -0.2) is 9.97 Å². The van der Waals surface area contributed by atoms with Crippen LogP contribution in [0.15, 0.2) is 67.0 Å². The minimum atomic E-state index is -0.404. The Hall–Kier alpha value is -3.54. The van der Waals surface area contributed by atoms with Gasteiger partial charge in [-0.2, -0.15) is 0 Å². The van der Waals surface area contributed by atoms with E-state index in [1.54, 1.807) is 12.1 Å². The molecule has 136 valence electrons. The largest absolute Gasteiger partial charge is 0.344 e. The molecule has 0 radical (unpaired) electrons. The molecule has 3 rings (SSSR count). The first kappa shape index (κ1) is 18.3. The highest BCUT2D eigenvalue weighted by molar-refractivity contribution is 6.07. The smallest absolute Gasteiger partial charge is 0.274 e. The predicted molar refractivity (Wildman–Crippen MR) is 103 cm³/mol. The van der Waals surface area contributed by atoms with Gasteiger partial charge in [0, 0.05) is 18.0 Å². The number of benzene rings is 2. The number of carbonyl (C=O) groups excluding carboxylic acids is 2. The Morgan fingerprint density at radius 1 is 0.889 bits per heavy atom. The van der Waals surface area contributed by atoms with Crippen molar-refractivity contribution in [2.45, 2.75) is 19.9 Å². The van der Waals surface area contributed by atoms with E-state index in [2.05, 4.69) is 20.6 Å². The summed E-state index contributed by atoms with van der Waals surface area (Å²) >= 11 is 0. The molecular formula is C21H20N4O2. The van der Waals surface area contributed by atoms with Crippen LogP contribution in [0, 0.1) is 6.92 Å². The summed E-state index contributed by atoms with van der Waals surface area (Å²) in [4.78, 5) is 33.3. The van der Waals surface area contributed by atoms with Crippen LogP contribution >= 0.6 is 0 Å². The minimum absolute atomic E-state index is 0.0701. The number of rotatable bonds is 5. The quantitative estimate of drug-likeness (QED) is 0.729. The average molecular weight is 360 g/mol. The average Bonchev–Trinajstić information content (AvgIpc) is 2.69. The summed E-state index contributed by atoms with van der Waals surface area (Å²) in [5.74, 6) is -0.625. The standard InChI is InChI=1S/C21H20N4O2/c1-14-8-10-17(11-9-14)20(26)25-19-18(22-12-13-23-19)21(27)24-15(2)16-6-4-3-5-7-16/h3-13,15H,1-2H3,(H,24,27)(H,23,25,26). The van der Waals surface area contributed by atoms with Crippen LogP contribution in [-0.2, 0) is 0 Å². The van der Waals surface area contributed by atoms with E-state index in [1.165, 1.54) is 12.4 Å². The van der Waals surface area contributed by atoms with Gasteiger partial charge < -0.3 is 10.6 Å². The lowest BCUT2D eigenvalue weighted by Crippen LogP contribution is -2.29. The molecule has 6 nitrogen and oxygen atoms in total. The maximum absolute atomic E-state index is 12.6. The maximum Gasteiger partial charge on any atom is 0.274 e. The van der Waals surface area contributed by atoms with Crippen LogP contribution < -0.4 is 10.6 Å². The second-order valence-corrected chi connectivity index (χ2v) is 6.18. The lowest BCUT2D eigenvalue weighted by molar-refractivity contribution is 0.0935. The van der Waals surface area contributed by atoms with E-state index < -0.39 is 5.91 Å². The number of aromatic nitrogens is 2. The highest BCUT2D eigenvalue weighted by Gasteiger charge is 2.19. The third-order valence-corrected chi connectivity index (χ3v) is 4.11. The zero-order valence-corrected chi connectivity index (χ0v) is 15.1. The maximum atomic E-state index is 12.6. The van der Waals surface area contributed by atoms with Crippen molar-refractivity contribution in [1.29, 1.82) is 0 Å². The third kappa shape index (κ3) is 4.55. The number of hydrogen-bond acceptors (Lipinski definition) is 4. The van der Waals surface area contributed by atoms with E-state index in [0.717, 1.165) is 11.1 Å². The molecule has 0 fully saturated rings.